The summed E-state index contributed by atoms with van der Waals surface area (Å²) in [5.74, 6) is 0.565. The molecule has 0 aromatic rings. The molecule has 0 N–H and O–H groups in total. The van der Waals surface area contributed by atoms with Crippen LogP contribution in [-0.2, 0) is 0 Å². The van der Waals surface area contributed by atoms with Gasteiger partial charge in [0.05, 0.1) is 0 Å². The minimum atomic E-state index is 0.565. The van der Waals surface area contributed by atoms with Gasteiger partial charge in [-0.15, -0.1) is 6.58 Å². The fourth-order valence-corrected chi connectivity index (χ4v) is 1.20. The van der Waals surface area contributed by atoms with Crippen LogP contribution in [0.2, 0.25) is 0 Å². The van der Waals surface area contributed by atoms with Crippen molar-refractivity contribution in [2.45, 2.75) is 34.1 Å². The number of allylic oxidation sites excluding steroid dienone is 5. The summed E-state index contributed by atoms with van der Waals surface area (Å²) in [5.41, 5.74) is 2.91. The predicted octanol–water partition coefficient (Wildman–Crippen LogP) is 4.11. The van der Waals surface area contributed by atoms with Gasteiger partial charge in [0, 0.05) is 0 Å². The molecular weight excluding hydrogens is 144 g/mol. The molecule has 1 atom stereocenters. The van der Waals surface area contributed by atoms with Gasteiger partial charge in [0.15, 0.2) is 0 Å². The van der Waals surface area contributed by atoms with Crippen LogP contribution >= 0.6 is 0 Å². The van der Waals surface area contributed by atoms with Crippen LogP contribution < -0.4 is 0 Å². The van der Waals surface area contributed by atoms with Crippen molar-refractivity contribution >= 4 is 0 Å². The zero-order chi connectivity index (χ0) is 9.56. The van der Waals surface area contributed by atoms with E-state index < -0.39 is 0 Å². The average Bonchev–Trinajstić information content (AvgIpc) is 2.04. The lowest BCUT2D eigenvalue weighted by Gasteiger charge is -2.10. The summed E-state index contributed by atoms with van der Waals surface area (Å²) in [5, 5.41) is 0. The minimum Gasteiger partial charge on any atom is -0.103 e. The molecule has 0 aliphatic rings. The molecule has 0 heterocycles. The number of hydrogen-bond donors (Lipinski definition) is 0. The quantitative estimate of drug-likeness (QED) is 0.548. The van der Waals surface area contributed by atoms with E-state index in [2.05, 4.69) is 46.4 Å². The van der Waals surface area contributed by atoms with E-state index in [9.17, 15) is 0 Å². The van der Waals surface area contributed by atoms with Crippen LogP contribution in [0.25, 0.3) is 0 Å². The highest BCUT2D eigenvalue weighted by molar-refractivity contribution is 5.18. The topological polar surface area (TPSA) is 0 Å². The molecule has 0 aliphatic heterocycles. The van der Waals surface area contributed by atoms with Gasteiger partial charge in [-0.1, -0.05) is 36.3 Å². The molecule has 0 heteroatoms. The van der Waals surface area contributed by atoms with Gasteiger partial charge in [-0.05, 0) is 33.1 Å². The van der Waals surface area contributed by atoms with E-state index in [-0.39, 0.29) is 0 Å². The summed E-state index contributed by atoms with van der Waals surface area (Å²) in [4.78, 5) is 0. The Bertz CT molecular complexity index is 194. The van der Waals surface area contributed by atoms with Crippen molar-refractivity contribution in [1.82, 2.24) is 0 Å². The Labute approximate surface area is 76.7 Å². The van der Waals surface area contributed by atoms with Crippen molar-refractivity contribution in [3.8, 4) is 0 Å². The molecule has 0 fully saturated rings. The van der Waals surface area contributed by atoms with Crippen LogP contribution in [0.1, 0.15) is 34.1 Å². The fourth-order valence-electron chi connectivity index (χ4n) is 1.20. The molecular formula is C12H20. The second-order valence-electron chi connectivity index (χ2n) is 3.27. The molecule has 1 unspecified atom stereocenters. The van der Waals surface area contributed by atoms with Gasteiger partial charge in [0.2, 0.25) is 0 Å². The van der Waals surface area contributed by atoms with Crippen molar-refractivity contribution in [2.75, 3.05) is 0 Å². The first kappa shape index (κ1) is 11.2. The van der Waals surface area contributed by atoms with E-state index in [0.717, 1.165) is 6.42 Å². The Kier molecular flexibility index (Phi) is 5.44. The molecule has 0 aliphatic carbocycles. The Morgan fingerprint density at radius 1 is 1.42 bits per heavy atom. The van der Waals surface area contributed by atoms with E-state index in [1.807, 2.05) is 6.08 Å². The van der Waals surface area contributed by atoms with Gasteiger partial charge in [0.1, 0.15) is 0 Å². The zero-order valence-corrected chi connectivity index (χ0v) is 8.72. The summed E-state index contributed by atoms with van der Waals surface area (Å²) in [6.45, 7) is 12.4. The zero-order valence-electron chi connectivity index (χ0n) is 8.72. The Balaban J connectivity index is 4.41. The lowest BCUT2D eigenvalue weighted by molar-refractivity contribution is 0.835. The van der Waals surface area contributed by atoms with Crippen LogP contribution in [0.3, 0.4) is 0 Å². The van der Waals surface area contributed by atoms with E-state index >= 15 is 0 Å². The number of hydrogen-bond acceptors (Lipinski definition) is 0. The lowest BCUT2D eigenvalue weighted by Crippen LogP contribution is -1.94. The Hall–Kier alpha value is -0.780. The largest absolute Gasteiger partial charge is 0.103 e. The highest BCUT2D eigenvalue weighted by Gasteiger charge is 2.01. The molecule has 0 radical (unpaired) electrons. The molecule has 0 rings (SSSR count). The third-order valence-corrected chi connectivity index (χ3v) is 2.29. The molecule has 0 spiro atoms. The first-order chi connectivity index (χ1) is 5.63. The summed E-state index contributed by atoms with van der Waals surface area (Å²) < 4.78 is 0. The van der Waals surface area contributed by atoms with E-state index in [4.69, 9.17) is 0 Å². The molecule has 0 nitrogen and oxygen atoms in total. The molecule has 0 aromatic heterocycles. The lowest BCUT2D eigenvalue weighted by atomic mass is 9.96. The fraction of sp³-hybridized carbons (Fsp3) is 0.500. The van der Waals surface area contributed by atoms with Crippen molar-refractivity contribution in [1.29, 1.82) is 0 Å². The van der Waals surface area contributed by atoms with Crippen molar-refractivity contribution < 1.29 is 0 Å². The third kappa shape index (κ3) is 3.56. The highest BCUT2D eigenvalue weighted by atomic mass is 14.1. The van der Waals surface area contributed by atoms with Gasteiger partial charge in [-0.3, -0.25) is 0 Å². The summed E-state index contributed by atoms with van der Waals surface area (Å²) >= 11 is 0. The van der Waals surface area contributed by atoms with E-state index in [1.165, 1.54) is 11.1 Å². The first-order valence-electron chi connectivity index (χ1n) is 4.53. The third-order valence-electron chi connectivity index (χ3n) is 2.29. The van der Waals surface area contributed by atoms with Crippen LogP contribution in [0, 0.1) is 5.92 Å². The summed E-state index contributed by atoms with van der Waals surface area (Å²) in [6, 6.07) is 0. The van der Waals surface area contributed by atoms with Gasteiger partial charge in [-0.2, -0.15) is 0 Å². The van der Waals surface area contributed by atoms with E-state index in [1.54, 1.807) is 0 Å². The minimum absolute atomic E-state index is 0.565. The van der Waals surface area contributed by atoms with Crippen molar-refractivity contribution in [3.05, 3.63) is 36.0 Å². The van der Waals surface area contributed by atoms with Gasteiger partial charge >= 0.3 is 0 Å². The van der Waals surface area contributed by atoms with Crippen LogP contribution in [0.15, 0.2) is 36.0 Å². The molecule has 0 saturated heterocycles. The maximum Gasteiger partial charge on any atom is -0.00518 e. The maximum atomic E-state index is 3.74. The maximum absolute atomic E-state index is 3.74. The predicted molar refractivity (Wildman–Crippen MR) is 57.2 cm³/mol. The van der Waals surface area contributed by atoms with Gasteiger partial charge in [0.25, 0.3) is 0 Å². The molecule has 0 bridgehead atoms. The van der Waals surface area contributed by atoms with Gasteiger partial charge < -0.3 is 0 Å². The molecule has 12 heavy (non-hydrogen) atoms. The monoisotopic (exact) mass is 164 g/mol. The second kappa shape index (κ2) is 5.82. The van der Waals surface area contributed by atoms with Crippen molar-refractivity contribution in [2.24, 2.45) is 5.92 Å². The summed E-state index contributed by atoms with van der Waals surface area (Å²) in [6.07, 6.45) is 7.30. The Morgan fingerprint density at radius 3 is 2.42 bits per heavy atom. The Morgan fingerprint density at radius 2 is 2.00 bits per heavy atom. The van der Waals surface area contributed by atoms with Crippen LogP contribution in [0.4, 0.5) is 0 Å². The van der Waals surface area contributed by atoms with Gasteiger partial charge in [-0.25, -0.2) is 0 Å². The molecule has 0 saturated carbocycles. The molecule has 0 aromatic carbocycles. The smallest absolute Gasteiger partial charge is 0.00518 e. The van der Waals surface area contributed by atoms with Crippen LogP contribution in [-0.4, -0.2) is 0 Å². The van der Waals surface area contributed by atoms with E-state index in [0.29, 0.717) is 5.92 Å². The molecule has 68 valence electrons. The first-order valence-corrected chi connectivity index (χ1v) is 4.53. The molecule has 0 amide bonds. The van der Waals surface area contributed by atoms with Crippen molar-refractivity contribution in [3.63, 3.8) is 0 Å². The standard InChI is InChI=1S/C12H20/c1-6-8-10(3)12(5)11(4)9-7-2/h6-7,9,11H,1,8H2,2-5H3/b9-7?,12-10+. The summed E-state index contributed by atoms with van der Waals surface area (Å²) in [7, 11) is 0. The second-order valence-corrected chi connectivity index (χ2v) is 3.27. The normalized spacial score (nSPS) is 16.0. The number of rotatable bonds is 4. The van der Waals surface area contributed by atoms with Crippen LogP contribution in [0.5, 0.6) is 0 Å². The SMILES string of the molecule is C=CC/C(C)=C(\C)C(C)C=CC. The highest BCUT2D eigenvalue weighted by Crippen LogP contribution is 2.18. The average molecular weight is 164 g/mol.